The van der Waals surface area contributed by atoms with Crippen molar-refractivity contribution in [1.82, 2.24) is 34.3 Å². The zero-order chi connectivity index (χ0) is 30.1. The Kier molecular flexibility index (Phi) is 7.80. The summed E-state index contributed by atoms with van der Waals surface area (Å²) in [5.74, 6) is -1.42. The van der Waals surface area contributed by atoms with Gasteiger partial charge in [0, 0.05) is 33.3 Å². The minimum Gasteiger partial charge on any atom is -0.488 e. The molecule has 43 heavy (non-hydrogen) atoms. The predicted molar refractivity (Wildman–Crippen MR) is 153 cm³/mol. The van der Waals surface area contributed by atoms with Gasteiger partial charge in [-0.05, 0) is 30.7 Å². The third-order valence-electron chi connectivity index (χ3n) is 7.44. The number of anilines is 2. The molecule has 226 valence electrons. The van der Waals surface area contributed by atoms with Crippen molar-refractivity contribution in [2.24, 2.45) is 0 Å². The van der Waals surface area contributed by atoms with E-state index in [2.05, 4.69) is 20.2 Å². The lowest BCUT2D eigenvalue weighted by Crippen LogP contribution is -2.51. The first kappa shape index (κ1) is 28.3. The molecule has 6 rings (SSSR count). The number of carbonyl (C=O) groups excluding carboxylic acids is 1. The summed E-state index contributed by atoms with van der Waals surface area (Å²) >= 11 is 0. The molecular formula is C28H31F2N9O4. The summed E-state index contributed by atoms with van der Waals surface area (Å²) in [6, 6.07) is 5.74. The number of hydrogen-bond donors (Lipinski definition) is 1. The van der Waals surface area contributed by atoms with Gasteiger partial charge in [0.1, 0.15) is 12.6 Å². The molecule has 1 saturated heterocycles. The lowest BCUT2D eigenvalue weighted by Gasteiger charge is -2.37. The fourth-order valence-electron chi connectivity index (χ4n) is 5.28. The van der Waals surface area contributed by atoms with Crippen molar-refractivity contribution < 1.29 is 27.5 Å². The number of nitrogen functional groups attached to an aromatic ring is 1. The van der Waals surface area contributed by atoms with Gasteiger partial charge in [0.25, 0.3) is 0 Å². The average molecular weight is 596 g/mol. The van der Waals surface area contributed by atoms with E-state index in [1.165, 1.54) is 30.0 Å². The molecule has 0 radical (unpaired) electrons. The van der Waals surface area contributed by atoms with E-state index in [0.717, 1.165) is 0 Å². The monoisotopic (exact) mass is 595 g/mol. The fourth-order valence-corrected chi connectivity index (χ4v) is 5.28. The number of hydrogen-bond acceptors (Lipinski definition) is 10. The third-order valence-corrected chi connectivity index (χ3v) is 7.44. The molecule has 1 fully saturated rings. The van der Waals surface area contributed by atoms with Crippen molar-refractivity contribution in [2.45, 2.75) is 25.8 Å². The van der Waals surface area contributed by atoms with Crippen LogP contribution in [0.15, 0.2) is 41.1 Å². The molecular weight excluding hydrogens is 564 g/mol. The van der Waals surface area contributed by atoms with Gasteiger partial charge in [-0.2, -0.15) is 19.0 Å². The minimum atomic E-state index is -1.05. The van der Waals surface area contributed by atoms with Gasteiger partial charge >= 0.3 is 0 Å². The first-order valence-corrected chi connectivity index (χ1v) is 14.0. The highest BCUT2D eigenvalue weighted by atomic mass is 19.2. The summed E-state index contributed by atoms with van der Waals surface area (Å²) in [5.41, 5.74) is 7.23. The molecule has 1 atom stereocenters. The fraction of sp³-hybridized carbons (Fsp3) is 0.393. The Bertz CT molecular complexity index is 1750. The highest BCUT2D eigenvalue weighted by molar-refractivity contribution is 5.92. The van der Waals surface area contributed by atoms with E-state index in [1.807, 2.05) is 6.92 Å². The van der Waals surface area contributed by atoms with E-state index < -0.39 is 17.7 Å². The number of aromatic nitrogens is 6. The number of carbonyl (C=O) groups is 1. The van der Waals surface area contributed by atoms with Crippen LogP contribution < -0.4 is 15.4 Å². The first-order chi connectivity index (χ1) is 20.9. The van der Waals surface area contributed by atoms with Gasteiger partial charge < -0.3 is 29.4 Å². The summed E-state index contributed by atoms with van der Waals surface area (Å²) < 4.78 is 48.2. The molecule has 5 heterocycles. The Morgan fingerprint density at radius 2 is 1.91 bits per heavy atom. The second-order valence-electron chi connectivity index (χ2n) is 10.1. The number of nitrogens with zero attached hydrogens (tertiary/aromatic N) is 8. The standard InChI is InChI=1S/C28H31F2N9O4/c1-3-5-19(38-26-17(16-32-38)25-33-24(21-6-4-13-42-21)35-39(25)28(31)34-26)27(40)37-11-9-36(10-12-37)18-7-8-20(23(30)22(18)29)43-15-14-41-2/h4,6-8,13,16,19H,3,5,9-12,14-15H2,1-2H3,(H2,31,34). The summed E-state index contributed by atoms with van der Waals surface area (Å²) in [6.07, 6.45) is 4.36. The minimum absolute atomic E-state index is 0.0928. The lowest BCUT2D eigenvalue weighted by atomic mass is 10.1. The maximum atomic E-state index is 14.9. The molecule has 15 heteroatoms. The second kappa shape index (κ2) is 11.8. The van der Waals surface area contributed by atoms with E-state index in [0.29, 0.717) is 67.3 Å². The van der Waals surface area contributed by atoms with Gasteiger partial charge in [0.15, 0.2) is 28.6 Å². The number of furan rings is 1. The van der Waals surface area contributed by atoms with Crippen molar-refractivity contribution >= 4 is 34.2 Å². The van der Waals surface area contributed by atoms with Crippen molar-refractivity contribution in [1.29, 1.82) is 0 Å². The maximum Gasteiger partial charge on any atom is 0.247 e. The molecule has 0 saturated carbocycles. The molecule has 1 aliphatic heterocycles. The van der Waals surface area contributed by atoms with E-state index >= 15 is 0 Å². The van der Waals surface area contributed by atoms with Crippen molar-refractivity contribution in [3.63, 3.8) is 0 Å². The van der Waals surface area contributed by atoms with Gasteiger partial charge in [0.2, 0.25) is 23.5 Å². The molecule has 1 aliphatic rings. The number of piperazine rings is 1. The van der Waals surface area contributed by atoms with E-state index in [1.54, 1.807) is 32.8 Å². The van der Waals surface area contributed by atoms with Crippen LogP contribution in [0, 0.1) is 11.6 Å². The van der Waals surface area contributed by atoms with E-state index in [4.69, 9.17) is 19.6 Å². The summed E-state index contributed by atoms with van der Waals surface area (Å²) in [4.78, 5) is 26.4. The van der Waals surface area contributed by atoms with Gasteiger partial charge in [-0.1, -0.05) is 13.3 Å². The summed E-state index contributed by atoms with van der Waals surface area (Å²) in [5, 5.41) is 9.54. The molecule has 5 aromatic rings. The SMILES string of the molecule is CCCC(C(=O)N1CCN(c2ccc(OCCOC)c(F)c2F)CC1)n1ncc2c1nc(N)n1nc(-c3ccco3)nc21. The highest BCUT2D eigenvalue weighted by Crippen LogP contribution is 2.31. The van der Waals surface area contributed by atoms with Crippen LogP contribution in [-0.2, 0) is 9.53 Å². The zero-order valence-corrected chi connectivity index (χ0v) is 23.7. The topological polar surface area (TPSA) is 142 Å². The second-order valence-corrected chi connectivity index (χ2v) is 10.1. The molecule has 4 aromatic heterocycles. The van der Waals surface area contributed by atoms with Crippen LogP contribution in [0.4, 0.5) is 20.4 Å². The lowest BCUT2D eigenvalue weighted by molar-refractivity contribution is -0.135. The summed E-state index contributed by atoms with van der Waals surface area (Å²) in [7, 11) is 1.50. The number of halogens is 2. The largest absolute Gasteiger partial charge is 0.488 e. The van der Waals surface area contributed by atoms with Crippen molar-refractivity contribution in [2.75, 3.05) is 57.1 Å². The number of ether oxygens (including phenoxy) is 2. The van der Waals surface area contributed by atoms with Crippen LogP contribution in [0.1, 0.15) is 25.8 Å². The normalized spacial score (nSPS) is 14.6. The quantitative estimate of drug-likeness (QED) is 0.239. The predicted octanol–water partition coefficient (Wildman–Crippen LogP) is 3.31. The Labute approximate surface area is 244 Å². The van der Waals surface area contributed by atoms with Crippen LogP contribution >= 0.6 is 0 Å². The van der Waals surface area contributed by atoms with Crippen LogP contribution in [0.3, 0.4) is 0 Å². The zero-order valence-electron chi connectivity index (χ0n) is 23.7. The molecule has 1 aromatic carbocycles. The highest BCUT2D eigenvalue weighted by Gasteiger charge is 2.32. The average Bonchev–Trinajstić information content (AvgIpc) is 3.78. The van der Waals surface area contributed by atoms with Crippen LogP contribution in [-0.4, -0.2) is 86.7 Å². The maximum absolute atomic E-state index is 14.9. The van der Waals surface area contributed by atoms with Gasteiger partial charge in [0.05, 0.1) is 30.1 Å². The number of amides is 1. The third kappa shape index (κ3) is 5.20. The number of methoxy groups -OCH3 is 1. The first-order valence-electron chi connectivity index (χ1n) is 14.0. The van der Waals surface area contributed by atoms with Gasteiger partial charge in [-0.25, -0.2) is 14.1 Å². The Balaban J connectivity index is 1.21. The van der Waals surface area contributed by atoms with Gasteiger partial charge in [-0.15, -0.1) is 5.10 Å². The smallest absolute Gasteiger partial charge is 0.247 e. The molecule has 2 N–H and O–H groups in total. The number of fused-ring (bicyclic) bond motifs is 3. The molecule has 0 bridgehead atoms. The van der Waals surface area contributed by atoms with Crippen LogP contribution in [0.2, 0.25) is 0 Å². The number of nitrogens with two attached hydrogens (primary N) is 1. The van der Waals surface area contributed by atoms with E-state index in [-0.39, 0.29) is 36.5 Å². The van der Waals surface area contributed by atoms with Crippen LogP contribution in [0.5, 0.6) is 5.75 Å². The molecule has 0 aliphatic carbocycles. The molecule has 13 nitrogen and oxygen atoms in total. The van der Waals surface area contributed by atoms with E-state index in [9.17, 15) is 13.6 Å². The Morgan fingerprint density at radius 3 is 2.63 bits per heavy atom. The van der Waals surface area contributed by atoms with Crippen LogP contribution in [0.25, 0.3) is 28.3 Å². The number of benzene rings is 1. The molecule has 0 spiro atoms. The number of rotatable bonds is 10. The van der Waals surface area contributed by atoms with Crippen molar-refractivity contribution in [3.8, 4) is 17.3 Å². The Hall–Kier alpha value is -4.79. The van der Waals surface area contributed by atoms with Gasteiger partial charge in [-0.3, -0.25) is 4.79 Å². The molecule has 1 unspecified atom stereocenters. The molecule has 1 amide bonds. The Morgan fingerprint density at radius 1 is 1.09 bits per heavy atom. The van der Waals surface area contributed by atoms with Crippen molar-refractivity contribution in [3.05, 3.63) is 48.4 Å². The summed E-state index contributed by atoms with van der Waals surface area (Å²) in [6.45, 7) is 3.64.